The van der Waals surface area contributed by atoms with E-state index in [1.807, 2.05) is 91.0 Å². The molecule has 2 N–H and O–H groups in total. The lowest BCUT2D eigenvalue weighted by molar-refractivity contribution is -0.295. The van der Waals surface area contributed by atoms with Crippen LogP contribution in [0.5, 0.6) is 0 Å². The molecule has 3 aromatic carbocycles. The predicted molar refractivity (Wildman–Crippen MR) is 170 cm³/mol. The Labute approximate surface area is 270 Å². The summed E-state index contributed by atoms with van der Waals surface area (Å²) < 4.78 is 37.6. The summed E-state index contributed by atoms with van der Waals surface area (Å²) in [7, 11) is 0. The summed E-state index contributed by atoms with van der Waals surface area (Å²) in [6.45, 7) is 8.11. The Hall–Kier alpha value is -3.80. The molecule has 0 bridgehead atoms. The minimum atomic E-state index is -1.03. The summed E-state index contributed by atoms with van der Waals surface area (Å²) in [5.41, 5.74) is 2.23. The molecule has 2 saturated heterocycles. The molecule has 5 rings (SSSR count). The van der Waals surface area contributed by atoms with Crippen LogP contribution in [0.1, 0.15) is 44.4 Å². The zero-order chi connectivity index (χ0) is 32.5. The molecule has 3 aromatic rings. The van der Waals surface area contributed by atoms with E-state index in [0.717, 1.165) is 16.7 Å². The van der Waals surface area contributed by atoms with E-state index >= 15 is 0 Å². The minimum Gasteiger partial charge on any atom is -0.444 e. The van der Waals surface area contributed by atoms with Gasteiger partial charge >= 0.3 is 6.09 Å². The predicted octanol–water partition coefficient (Wildman–Crippen LogP) is 4.90. The summed E-state index contributed by atoms with van der Waals surface area (Å²) >= 11 is 0. The normalized spacial score (nSPS) is 26.3. The molecule has 0 spiro atoms. The van der Waals surface area contributed by atoms with Gasteiger partial charge in [0.1, 0.15) is 36.0 Å². The maximum Gasteiger partial charge on any atom is 0.408 e. The number of hydrogen-bond donors (Lipinski definition) is 2. The Morgan fingerprint density at radius 3 is 1.85 bits per heavy atom. The van der Waals surface area contributed by atoms with Crippen LogP contribution in [0.4, 0.5) is 4.79 Å². The molecular formula is C36H44N2O8. The van der Waals surface area contributed by atoms with E-state index in [1.54, 1.807) is 27.7 Å². The molecule has 10 heteroatoms. The zero-order valence-electron chi connectivity index (χ0n) is 26.8. The topological polar surface area (TPSA) is 114 Å². The first-order valence-corrected chi connectivity index (χ1v) is 15.7. The maximum absolute atomic E-state index is 13.7. The Morgan fingerprint density at radius 1 is 0.783 bits per heavy atom. The first kappa shape index (κ1) is 33.6. The molecule has 246 valence electrons. The van der Waals surface area contributed by atoms with Gasteiger partial charge in [-0.15, -0.1) is 0 Å². The molecule has 2 aliphatic heterocycles. The van der Waals surface area contributed by atoms with Crippen molar-refractivity contribution in [3.8, 4) is 0 Å². The fraction of sp³-hybridized carbons (Fsp3) is 0.444. The molecule has 2 amide bonds. The molecule has 2 fully saturated rings. The zero-order valence-corrected chi connectivity index (χ0v) is 26.8. The van der Waals surface area contributed by atoms with Gasteiger partial charge in [-0.3, -0.25) is 4.79 Å². The van der Waals surface area contributed by atoms with Gasteiger partial charge in [-0.1, -0.05) is 91.0 Å². The molecule has 10 nitrogen and oxygen atoms in total. The summed E-state index contributed by atoms with van der Waals surface area (Å²) in [5, 5.41) is 5.71. The highest BCUT2D eigenvalue weighted by Crippen LogP contribution is 2.31. The van der Waals surface area contributed by atoms with Crippen molar-refractivity contribution in [2.24, 2.45) is 0 Å². The second-order valence-electron chi connectivity index (χ2n) is 12.6. The highest BCUT2D eigenvalue weighted by Gasteiger charge is 2.52. The first-order chi connectivity index (χ1) is 22.2. The fourth-order valence-corrected chi connectivity index (χ4v) is 5.48. The summed E-state index contributed by atoms with van der Waals surface area (Å²) in [5.74, 6) is -0.441. The maximum atomic E-state index is 13.7. The quantitative estimate of drug-likeness (QED) is 0.307. The van der Waals surface area contributed by atoms with Gasteiger partial charge in [0, 0.05) is 0 Å². The number of carbonyl (C=O) groups excluding carboxylic acids is 2. The van der Waals surface area contributed by atoms with Gasteiger partial charge in [0.25, 0.3) is 0 Å². The standard InChI is InChI=1S/C36H44N2O8/c1-24-29(38-35(40)46-36(2,3)4)33(39)37-30-32(43-22-27-18-12-7-13-19-27)31(42-21-26-16-10-6-11-17-26)28(45-34(30)44-24)23-41-20-25-14-8-5-9-15-25/h5-19,24,28-32,34H,20-23H2,1-4H3,(H,37,39)(H,38,40)/t24-,28+,29-,30+,31+,32+,34+/m0/s1. The Bertz CT molecular complexity index is 1390. The van der Waals surface area contributed by atoms with Crippen molar-refractivity contribution >= 4 is 12.0 Å². The first-order valence-electron chi connectivity index (χ1n) is 15.7. The third kappa shape index (κ3) is 9.37. The van der Waals surface area contributed by atoms with Crippen LogP contribution in [-0.2, 0) is 53.0 Å². The molecular weight excluding hydrogens is 588 g/mol. The molecule has 46 heavy (non-hydrogen) atoms. The lowest BCUT2D eigenvalue weighted by atomic mass is 9.96. The number of carbonyl (C=O) groups is 2. The third-order valence-electron chi connectivity index (χ3n) is 7.69. The number of amides is 2. The van der Waals surface area contributed by atoms with Crippen LogP contribution in [0.2, 0.25) is 0 Å². The average molecular weight is 633 g/mol. The van der Waals surface area contributed by atoms with E-state index in [-0.39, 0.29) is 13.2 Å². The fourth-order valence-electron chi connectivity index (χ4n) is 5.48. The van der Waals surface area contributed by atoms with Crippen LogP contribution in [0.3, 0.4) is 0 Å². The van der Waals surface area contributed by atoms with E-state index in [9.17, 15) is 9.59 Å². The van der Waals surface area contributed by atoms with Gasteiger partial charge in [-0.25, -0.2) is 4.79 Å². The molecule has 0 aliphatic carbocycles. The van der Waals surface area contributed by atoms with E-state index in [0.29, 0.717) is 13.2 Å². The smallest absolute Gasteiger partial charge is 0.408 e. The van der Waals surface area contributed by atoms with Gasteiger partial charge in [0.15, 0.2) is 6.29 Å². The van der Waals surface area contributed by atoms with Crippen LogP contribution in [0.25, 0.3) is 0 Å². The molecule has 2 aliphatic rings. The van der Waals surface area contributed by atoms with E-state index in [2.05, 4.69) is 10.6 Å². The number of nitrogens with one attached hydrogen (secondary N) is 2. The van der Waals surface area contributed by atoms with Crippen LogP contribution >= 0.6 is 0 Å². The number of rotatable bonds is 11. The molecule has 0 unspecified atom stereocenters. The Morgan fingerprint density at radius 2 is 1.30 bits per heavy atom. The highest BCUT2D eigenvalue weighted by atomic mass is 16.7. The summed E-state index contributed by atoms with van der Waals surface area (Å²) in [4.78, 5) is 26.3. The van der Waals surface area contributed by atoms with Crippen molar-refractivity contribution < 1.29 is 38.0 Å². The second kappa shape index (κ2) is 15.7. The van der Waals surface area contributed by atoms with Crippen LogP contribution in [0.15, 0.2) is 91.0 Å². The van der Waals surface area contributed by atoms with Gasteiger partial charge < -0.3 is 39.1 Å². The van der Waals surface area contributed by atoms with E-state index < -0.39 is 60.4 Å². The van der Waals surface area contributed by atoms with Crippen LogP contribution in [0, 0.1) is 0 Å². The van der Waals surface area contributed by atoms with Crippen molar-refractivity contribution in [1.29, 1.82) is 0 Å². The van der Waals surface area contributed by atoms with Crippen LogP contribution < -0.4 is 10.6 Å². The highest BCUT2D eigenvalue weighted by molar-refractivity contribution is 5.86. The SMILES string of the molecule is C[C@@H]1O[C@@H]2O[C@H](COCc3ccccc3)[C@@H](OCc3ccccc3)[C@H](OCc3ccccc3)[C@H]2NC(=O)[C@H]1NC(=O)OC(C)(C)C. The van der Waals surface area contributed by atoms with Crippen molar-refractivity contribution in [3.05, 3.63) is 108 Å². The molecule has 2 heterocycles. The number of fused-ring (bicyclic) bond motifs is 1. The monoisotopic (exact) mass is 632 g/mol. The van der Waals surface area contributed by atoms with Gasteiger partial charge in [0.2, 0.25) is 5.91 Å². The van der Waals surface area contributed by atoms with Crippen LogP contribution in [-0.4, -0.2) is 67.0 Å². The molecule has 0 saturated carbocycles. The van der Waals surface area contributed by atoms with Gasteiger partial charge in [-0.2, -0.15) is 0 Å². The lowest BCUT2D eigenvalue weighted by Gasteiger charge is -2.45. The Kier molecular flexibility index (Phi) is 11.4. The number of hydrogen-bond acceptors (Lipinski definition) is 8. The van der Waals surface area contributed by atoms with Crippen molar-refractivity contribution in [2.75, 3.05) is 6.61 Å². The second-order valence-corrected chi connectivity index (χ2v) is 12.6. The van der Waals surface area contributed by atoms with Crippen molar-refractivity contribution in [2.45, 2.75) is 95.9 Å². The summed E-state index contributed by atoms with van der Waals surface area (Å²) in [6, 6.07) is 27.7. The van der Waals surface area contributed by atoms with E-state index in [4.69, 9.17) is 28.4 Å². The van der Waals surface area contributed by atoms with E-state index in [1.165, 1.54) is 0 Å². The lowest BCUT2D eigenvalue weighted by Crippen LogP contribution is -2.65. The molecule has 7 atom stereocenters. The number of benzene rings is 3. The van der Waals surface area contributed by atoms with Crippen molar-refractivity contribution in [1.82, 2.24) is 10.6 Å². The van der Waals surface area contributed by atoms with Gasteiger partial charge in [-0.05, 0) is 44.4 Å². The number of alkyl carbamates (subject to hydrolysis) is 1. The average Bonchev–Trinajstić information content (AvgIpc) is 3.14. The molecule has 0 radical (unpaired) electrons. The largest absolute Gasteiger partial charge is 0.444 e. The molecule has 0 aromatic heterocycles. The summed E-state index contributed by atoms with van der Waals surface area (Å²) in [6.07, 6.45) is -4.31. The third-order valence-corrected chi connectivity index (χ3v) is 7.69. The van der Waals surface area contributed by atoms with Crippen molar-refractivity contribution in [3.63, 3.8) is 0 Å². The minimum absolute atomic E-state index is 0.189. The van der Waals surface area contributed by atoms with Gasteiger partial charge in [0.05, 0.1) is 32.5 Å². The Balaban J connectivity index is 1.41. The number of ether oxygens (including phenoxy) is 6.